The van der Waals surface area contributed by atoms with Crippen molar-refractivity contribution in [3.8, 4) is 0 Å². The van der Waals surface area contributed by atoms with Gasteiger partial charge in [0.15, 0.2) is 0 Å². The lowest BCUT2D eigenvalue weighted by molar-refractivity contribution is -0.127. The van der Waals surface area contributed by atoms with E-state index in [1.54, 1.807) is 6.20 Å². The zero-order valence-corrected chi connectivity index (χ0v) is 11.4. The lowest BCUT2D eigenvalue weighted by atomic mass is 9.80. The van der Waals surface area contributed by atoms with Crippen molar-refractivity contribution < 1.29 is 4.79 Å². The van der Waals surface area contributed by atoms with Crippen molar-refractivity contribution in [1.29, 1.82) is 0 Å². The molecule has 1 heterocycles. The van der Waals surface area contributed by atoms with Crippen LogP contribution in [0.2, 0.25) is 0 Å². The molecular weight excluding hydrogens is 280 g/mol. The summed E-state index contributed by atoms with van der Waals surface area (Å²) in [5, 5.41) is 0. The van der Waals surface area contributed by atoms with E-state index in [9.17, 15) is 4.79 Å². The van der Waals surface area contributed by atoms with E-state index in [1.165, 1.54) is 0 Å². The van der Waals surface area contributed by atoms with Gasteiger partial charge in [-0.2, -0.15) is 0 Å². The van der Waals surface area contributed by atoms with Crippen LogP contribution in [0.4, 0.5) is 0 Å². The molecule has 3 nitrogen and oxygen atoms in total. The lowest BCUT2D eigenvalue weighted by Gasteiger charge is -2.25. The van der Waals surface area contributed by atoms with Gasteiger partial charge in [-0.15, -0.1) is 0 Å². The third kappa shape index (κ3) is 2.75. The van der Waals surface area contributed by atoms with Crippen molar-refractivity contribution in [3.63, 3.8) is 0 Å². The van der Waals surface area contributed by atoms with E-state index in [0.717, 1.165) is 35.8 Å². The van der Waals surface area contributed by atoms with Crippen molar-refractivity contribution >= 4 is 21.7 Å². The fourth-order valence-corrected chi connectivity index (χ4v) is 2.75. The van der Waals surface area contributed by atoms with Crippen molar-refractivity contribution in [2.75, 3.05) is 6.54 Å². The Balaban J connectivity index is 2.08. The summed E-state index contributed by atoms with van der Waals surface area (Å²) >= 11 is 3.33. The highest BCUT2D eigenvalue weighted by atomic mass is 79.9. The van der Waals surface area contributed by atoms with E-state index in [1.807, 2.05) is 12.1 Å². The van der Waals surface area contributed by atoms with Gasteiger partial charge in [0, 0.05) is 34.7 Å². The zero-order valence-electron chi connectivity index (χ0n) is 9.79. The predicted molar refractivity (Wildman–Crippen MR) is 70.6 cm³/mol. The van der Waals surface area contributed by atoms with Crippen LogP contribution in [-0.2, 0) is 11.2 Å². The molecule has 2 rings (SSSR count). The number of ketones is 1. The minimum absolute atomic E-state index is 0.257. The molecule has 4 heteroatoms. The second-order valence-electron chi connectivity index (χ2n) is 4.76. The first-order valence-corrected chi connectivity index (χ1v) is 6.79. The Bertz CT molecular complexity index is 396. The van der Waals surface area contributed by atoms with Gasteiger partial charge in [0.05, 0.1) is 0 Å². The molecule has 2 N–H and O–H groups in total. The summed E-state index contributed by atoms with van der Waals surface area (Å²) in [4.78, 5) is 16.6. The Kier molecular flexibility index (Phi) is 3.94. The number of hydrogen-bond acceptors (Lipinski definition) is 3. The van der Waals surface area contributed by atoms with Crippen LogP contribution in [0.15, 0.2) is 22.8 Å². The molecule has 0 aromatic carbocycles. The molecule has 0 radical (unpaired) electrons. The molecule has 1 aliphatic rings. The molecule has 1 saturated carbocycles. The Hall–Kier alpha value is -0.740. The second-order valence-corrected chi connectivity index (χ2v) is 5.67. The molecule has 0 unspecified atom stereocenters. The number of halogens is 1. The molecule has 0 bridgehead atoms. The smallest absolute Gasteiger partial charge is 0.146 e. The summed E-state index contributed by atoms with van der Waals surface area (Å²) in [7, 11) is 0. The van der Waals surface area contributed by atoms with Gasteiger partial charge in [-0.05, 0) is 40.9 Å². The molecule has 0 atom stereocenters. The average molecular weight is 297 g/mol. The SMILES string of the molecule is NCC1(C(=O)Cc2ccc(Br)cn2)CCCC1. The molecule has 1 aromatic heterocycles. The summed E-state index contributed by atoms with van der Waals surface area (Å²) in [6.07, 6.45) is 6.27. The number of Topliss-reactive ketones (excluding diaryl/α,β-unsaturated/α-hetero) is 1. The van der Waals surface area contributed by atoms with Crippen molar-refractivity contribution in [2.24, 2.45) is 11.1 Å². The Labute approximate surface area is 110 Å². The summed E-state index contributed by atoms with van der Waals surface area (Å²) in [5.74, 6) is 0.257. The maximum Gasteiger partial charge on any atom is 0.146 e. The number of rotatable bonds is 4. The number of carbonyl (C=O) groups excluding carboxylic acids is 1. The monoisotopic (exact) mass is 296 g/mol. The van der Waals surface area contributed by atoms with E-state index in [0.29, 0.717) is 13.0 Å². The fraction of sp³-hybridized carbons (Fsp3) is 0.538. The van der Waals surface area contributed by atoms with Crippen molar-refractivity contribution in [2.45, 2.75) is 32.1 Å². The number of pyridine rings is 1. The van der Waals surface area contributed by atoms with Crippen LogP contribution in [0.1, 0.15) is 31.4 Å². The predicted octanol–water partition coefficient (Wildman–Crippen LogP) is 2.47. The maximum atomic E-state index is 12.3. The fourth-order valence-electron chi connectivity index (χ4n) is 2.51. The standard InChI is InChI=1S/C13H17BrN2O/c14-10-3-4-11(16-8-10)7-12(17)13(9-15)5-1-2-6-13/h3-4,8H,1-2,5-7,9,15H2. The number of nitrogens with zero attached hydrogens (tertiary/aromatic N) is 1. The molecule has 1 fully saturated rings. The molecule has 0 spiro atoms. The first kappa shape index (κ1) is 12.7. The van der Waals surface area contributed by atoms with Crippen molar-refractivity contribution in [3.05, 3.63) is 28.5 Å². The maximum absolute atomic E-state index is 12.3. The van der Waals surface area contributed by atoms with E-state index in [-0.39, 0.29) is 11.2 Å². The van der Waals surface area contributed by atoms with Crippen molar-refractivity contribution in [1.82, 2.24) is 4.98 Å². The van der Waals surface area contributed by atoms with E-state index >= 15 is 0 Å². The number of carbonyl (C=O) groups is 1. The van der Waals surface area contributed by atoms with Gasteiger partial charge in [0.1, 0.15) is 5.78 Å². The minimum Gasteiger partial charge on any atom is -0.329 e. The average Bonchev–Trinajstić information content (AvgIpc) is 2.82. The van der Waals surface area contributed by atoms with Crippen LogP contribution >= 0.6 is 15.9 Å². The summed E-state index contributed by atoms with van der Waals surface area (Å²) < 4.78 is 0.933. The first-order valence-electron chi connectivity index (χ1n) is 6.00. The Morgan fingerprint density at radius 2 is 2.12 bits per heavy atom. The minimum atomic E-state index is -0.269. The summed E-state index contributed by atoms with van der Waals surface area (Å²) in [6, 6.07) is 3.81. The first-order chi connectivity index (χ1) is 8.16. The van der Waals surface area contributed by atoms with Gasteiger partial charge in [-0.25, -0.2) is 0 Å². The molecule has 0 aliphatic heterocycles. The zero-order chi connectivity index (χ0) is 12.3. The Morgan fingerprint density at radius 3 is 2.65 bits per heavy atom. The van der Waals surface area contributed by atoms with Gasteiger partial charge in [-0.1, -0.05) is 12.8 Å². The highest BCUT2D eigenvalue weighted by Gasteiger charge is 2.39. The molecule has 1 aromatic rings. The highest BCUT2D eigenvalue weighted by molar-refractivity contribution is 9.10. The molecule has 0 saturated heterocycles. The summed E-state index contributed by atoms with van der Waals surface area (Å²) in [6.45, 7) is 0.475. The lowest BCUT2D eigenvalue weighted by Crippen LogP contribution is -2.37. The van der Waals surface area contributed by atoms with Gasteiger partial charge < -0.3 is 5.73 Å². The van der Waals surface area contributed by atoms with E-state index in [2.05, 4.69) is 20.9 Å². The molecular formula is C13H17BrN2O. The summed E-state index contributed by atoms with van der Waals surface area (Å²) in [5.41, 5.74) is 6.36. The van der Waals surface area contributed by atoms with Gasteiger partial charge in [-0.3, -0.25) is 9.78 Å². The van der Waals surface area contributed by atoms with Crippen LogP contribution in [-0.4, -0.2) is 17.3 Å². The number of hydrogen-bond donors (Lipinski definition) is 1. The van der Waals surface area contributed by atoms with Crippen LogP contribution in [0, 0.1) is 5.41 Å². The third-order valence-electron chi connectivity index (χ3n) is 3.67. The number of aromatic nitrogens is 1. The molecule has 1 aliphatic carbocycles. The third-order valence-corrected chi connectivity index (χ3v) is 4.14. The number of nitrogens with two attached hydrogens (primary N) is 1. The van der Waals surface area contributed by atoms with E-state index in [4.69, 9.17) is 5.73 Å². The van der Waals surface area contributed by atoms with Crippen LogP contribution in [0.3, 0.4) is 0 Å². The topological polar surface area (TPSA) is 56.0 Å². The second kappa shape index (κ2) is 5.27. The molecule has 17 heavy (non-hydrogen) atoms. The van der Waals surface area contributed by atoms with Gasteiger partial charge in [0.2, 0.25) is 0 Å². The normalized spacial score (nSPS) is 18.2. The highest BCUT2D eigenvalue weighted by Crippen LogP contribution is 2.38. The van der Waals surface area contributed by atoms with Crippen LogP contribution < -0.4 is 5.73 Å². The van der Waals surface area contributed by atoms with Gasteiger partial charge >= 0.3 is 0 Å². The molecule has 92 valence electrons. The van der Waals surface area contributed by atoms with Gasteiger partial charge in [0.25, 0.3) is 0 Å². The molecule has 0 amide bonds. The van der Waals surface area contributed by atoms with E-state index < -0.39 is 0 Å². The van der Waals surface area contributed by atoms with Crippen LogP contribution in [0.5, 0.6) is 0 Å². The largest absolute Gasteiger partial charge is 0.329 e. The van der Waals surface area contributed by atoms with Crippen LogP contribution in [0.25, 0.3) is 0 Å². The quantitative estimate of drug-likeness (QED) is 0.929. The Morgan fingerprint density at radius 1 is 1.41 bits per heavy atom.